The van der Waals surface area contributed by atoms with Crippen molar-refractivity contribution in [2.45, 2.75) is 19.4 Å². The maximum absolute atomic E-state index is 12.3. The first-order valence-corrected chi connectivity index (χ1v) is 7.48. The van der Waals surface area contributed by atoms with Crippen molar-refractivity contribution in [3.05, 3.63) is 17.5 Å². The van der Waals surface area contributed by atoms with Gasteiger partial charge in [-0.25, -0.2) is 4.79 Å². The maximum atomic E-state index is 12.3. The third-order valence-electron chi connectivity index (χ3n) is 4.18. The lowest BCUT2D eigenvalue weighted by molar-refractivity contribution is -0.131. The van der Waals surface area contributed by atoms with Gasteiger partial charge in [-0.05, 0) is 19.4 Å². The van der Waals surface area contributed by atoms with Gasteiger partial charge in [0, 0.05) is 24.7 Å². The highest BCUT2D eigenvalue weighted by molar-refractivity contribution is 6.03. The van der Waals surface area contributed by atoms with Crippen molar-refractivity contribution in [2.24, 2.45) is 5.92 Å². The zero-order chi connectivity index (χ0) is 16.6. The third-order valence-corrected chi connectivity index (χ3v) is 4.18. The molecule has 0 bridgehead atoms. The first-order chi connectivity index (χ1) is 10.9. The molecule has 1 aromatic rings. The van der Waals surface area contributed by atoms with Crippen LogP contribution in [0.25, 0.3) is 0 Å². The summed E-state index contributed by atoms with van der Waals surface area (Å²) in [6, 6.07) is 1.36. The number of amides is 4. The summed E-state index contributed by atoms with van der Waals surface area (Å²) in [5, 5.41) is 19.3. The number of carbonyl (C=O) groups is 3. The molecular weight excluding hydrogens is 302 g/mol. The van der Waals surface area contributed by atoms with Gasteiger partial charge < -0.3 is 14.9 Å². The summed E-state index contributed by atoms with van der Waals surface area (Å²) in [5.41, 5.74) is 1.80. The van der Waals surface area contributed by atoms with Crippen LogP contribution < -0.4 is 5.32 Å². The molecule has 9 nitrogen and oxygen atoms in total. The van der Waals surface area contributed by atoms with Crippen LogP contribution in [-0.2, 0) is 16.0 Å². The van der Waals surface area contributed by atoms with Crippen molar-refractivity contribution >= 4 is 17.8 Å². The first-order valence-electron chi connectivity index (χ1n) is 7.48. The largest absolute Gasteiger partial charge is 0.391 e. The molecule has 3 rings (SSSR count). The normalized spacial score (nSPS) is 24.4. The van der Waals surface area contributed by atoms with Gasteiger partial charge in [0.25, 0.3) is 0 Å². The number of aromatic nitrogens is 2. The molecule has 2 fully saturated rings. The van der Waals surface area contributed by atoms with Crippen molar-refractivity contribution in [2.75, 3.05) is 26.2 Å². The van der Waals surface area contributed by atoms with Crippen LogP contribution in [0.4, 0.5) is 4.79 Å². The molecule has 3 N–H and O–H groups in total. The van der Waals surface area contributed by atoms with E-state index < -0.39 is 18.0 Å². The van der Waals surface area contributed by atoms with Crippen molar-refractivity contribution in [3.63, 3.8) is 0 Å². The highest BCUT2D eigenvalue weighted by Gasteiger charge is 2.36. The molecule has 9 heteroatoms. The van der Waals surface area contributed by atoms with Gasteiger partial charge in [-0.2, -0.15) is 5.10 Å². The summed E-state index contributed by atoms with van der Waals surface area (Å²) < 4.78 is 0. The van der Waals surface area contributed by atoms with Crippen molar-refractivity contribution < 1.29 is 19.5 Å². The summed E-state index contributed by atoms with van der Waals surface area (Å²) in [4.78, 5) is 37.6. The number of H-pyrrole nitrogens is 1. The van der Waals surface area contributed by atoms with E-state index in [1.54, 1.807) is 0 Å². The average Bonchev–Trinajstić information content (AvgIpc) is 3.13. The lowest BCUT2D eigenvalue weighted by Crippen LogP contribution is -2.41. The predicted octanol–water partition coefficient (Wildman–Crippen LogP) is -1.37. The lowest BCUT2D eigenvalue weighted by atomic mass is 10.0. The van der Waals surface area contributed by atoms with Crippen molar-refractivity contribution in [1.82, 2.24) is 25.3 Å². The molecule has 0 aromatic carbocycles. The number of urea groups is 1. The minimum atomic E-state index is -0.620. The Bertz CT molecular complexity index is 643. The minimum absolute atomic E-state index is 0.0873. The molecule has 0 spiro atoms. The number of aryl methyl sites for hydroxylation is 1. The molecule has 0 radical (unpaired) electrons. The van der Waals surface area contributed by atoms with E-state index in [-0.39, 0.29) is 31.5 Å². The number of hydrogen-bond acceptors (Lipinski definition) is 5. The van der Waals surface area contributed by atoms with Crippen LogP contribution >= 0.6 is 0 Å². The number of nitrogens with zero attached hydrogens (tertiary/aromatic N) is 3. The summed E-state index contributed by atoms with van der Waals surface area (Å²) in [7, 11) is 0. The van der Waals surface area contributed by atoms with Crippen molar-refractivity contribution in [1.29, 1.82) is 0 Å². The summed E-state index contributed by atoms with van der Waals surface area (Å²) in [6.07, 6.45) is -0.0391. The number of hydrogen-bond donors (Lipinski definition) is 3. The molecule has 124 valence electrons. The number of nitrogens with one attached hydrogen (secondary N) is 2. The Balaban J connectivity index is 1.56. The van der Waals surface area contributed by atoms with E-state index in [0.29, 0.717) is 13.0 Å². The maximum Gasteiger partial charge on any atom is 0.325 e. The van der Waals surface area contributed by atoms with E-state index in [1.807, 2.05) is 13.0 Å². The number of imide groups is 1. The van der Waals surface area contributed by atoms with Gasteiger partial charge in [0.1, 0.15) is 13.1 Å². The van der Waals surface area contributed by atoms with E-state index in [4.69, 9.17) is 0 Å². The number of aliphatic hydroxyl groups is 1. The Kier molecular flexibility index (Phi) is 4.03. The molecular formula is C14H19N5O4. The second kappa shape index (κ2) is 5.99. The fourth-order valence-electron chi connectivity index (χ4n) is 2.98. The molecule has 2 aliphatic heterocycles. The van der Waals surface area contributed by atoms with Gasteiger partial charge in [-0.1, -0.05) is 0 Å². The summed E-state index contributed by atoms with van der Waals surface area (Å²) >= 11 is 0. The number of β-amino-alcohol motifs (C(OH)–C–C–N with tert-alkyl or cyclic N) is 1. The second-order valence-corrected chi connectivity index (χ2v) is 6.08. The van der Waals surface area contributed by atoms with E-state index >= 15 is 0 Å². The molecule has 4 amide bonds. The topological polar surface area (TPSA) is 119 Å². The molecule has 0 aliphatic carbocycles. The smallest absolute Gasteiger partial charge is 0.325 e. The summed E-state index contributed by atoms with van der Waals surface area (Å²) in [6.45, 7) is 2.29. The zero-order valence-corrected chi connectivity index (χ0v) is 12.8. The highest BCUT2D eigenvalue weighted by atomic mass is 16.3. The monoisotopic (exact) mass is 321 g/mol. The zero-order valence-electron chi connectivity index (χ0n) is 12.8. The van der Waals surface area contributed by atoms with Gasteiger partial charge in [-0.15, -0.1) is 0 Å². The Morgan fingerprint density at radius 3 is 2.83 bits per heavy atom. The van der Waals surface area contributed by atoms with E-state index in [0.717, 1.165) is 11.4 Å². The average molecular weight is 321 g/mol. The lowest BCUT2D eigenvalue weighted by Gasteiger charge is -2.19. The van der Waals surface area contributed by atoms with Gasteiger partial charge in [0.2, 0.25) is 11.8 Å². The molecule has 1 aromatic heterocycles. The second-order valence-electron chi connectivity index (χ2n) is 6.08. The van der Waals surface area contributed by atoms with Crippen LogP contribution in [0.2, 0.25) is 0 Å². The standard InChI is InChI=1S/C14H19N5O4/c1-8-2-10(17-16-8)3-9-4-18(5-11(9)20)13(22)7-19-6-12(21)15-14(19)23/h2,9,11,20H,3-7H2,1H3,(H,16,17)(H,15,21,23)/t9-,11-/m1/s1. The molecule has 0 saturated carbocycles. The summed E-state index contributed by atoms with van der Waals surface area (Å²) in [5.74, 6) is -0.763. The van der Waals surface area contributed by atoms with E-state index in [2.05, 4.69) is 15.5 Å². The van der Waals surface area contributed by atoms with Gasteiger partial charge in [0.15, 0.2) is 0 Å². The molecule has 2 aliphatic rings. The number of carbonyl (C=O) groups excluding carboxylic acids is 3. The van der Waals surface area contributed by atoms with Crippen LogP contribution in [0.15, 0.2) is 6.07 Å². The molecule has 2 atom stereocenters. The third kappa shape index (κ3) is 3.34. The number of likely N-dealkylation sites (tertiary alicyclic amines) is 1. The number of aliphatic hydroxyl groups excluding tert-OH is 1. The number of rotatable bonds is 4. The quantitative estimate of drug-likeness (QED) is 0.591. The van der Waals surface area contributed by atoms with Crippen molar-refractivity contribution in [3.8, 4) is 0 Å². The molecule has 2 saturated heterocycles. The molecule has 0 unspecified atom stereocenters. The van der Waals surface area contributed by atoms with Gasteiger partial charge in [0.05, 0.1) is 11.8 Å². The van der Waals surface area contributed by atoms with Gasteiger partial charge >= 0.3 is 6.03 Å². The van der Waals surface area contributed by atoms with Crippen LogP contribution in [0.1, 0.15) is 11.4 Å². The van der Waals surface area contributed by atoms with Gasteiger partial charge in [-0.3, -0.25) is 20.0 Å². The first kappa shape index (κ1) is 15.5. The highest BCUT2D eigenvalue weighted by Crippen LogP contribution is 2.21. The minimum Gasteiger partial charge on any atom is -0.391 e. The van der Waals surface area contributed by atoms with Crippen LogP contribution in [0.3, 0.4) is 0 Å². The Morgan fingerprint density at radius 1 is 1.43 bits per heavy atom. The molecule has 23 heavy (non-hydrogen) atoms. The Morgan fingerprint density at radius 2 is 2.22 bits per heavy atom. The Hall–Kier alpha value is -2.42. The fraction of sp³-hybridized carbons (Fsp3) is 0.571. The predicted molar refractivity (Wildman–Crippen MR) is 78.2 cm³/mol. The van der Waals surface area contributed by atoms with E-state index in [1.165, 1.54) is 9.80 Å². The van der Waals surface area contributed by atoms with Crippen LogP contribution in [0, 0.1) is 12.8 Å². The van der Waals surface area contributed by atoms with Crippen LogP contribution in [-0.4, -0.2) is 75.2 Å². The Labute approximate surface area is 132 Å². The SMILES string of the molecule is Cc1cc(C[C@@H]2CN(C(=O)CN3CC(=O)NC3=O)C[C@H]2O)n[nH]1. The fourth-order valence-corrected chi connectivity index (χ4v) is 2.98. The number of aromatic amines is 1. The van der Waals surface area contributed by atoms with Crippen LogP contribution in [0.5, 0.6) is 0 Å². The van der Waals surface area contributed by atoms with E-state index in [9.17, 15) is 19.5 Å². The molecule has 3 heterocycles.